The van der Waals surface area contributed by atoms with E-state index in [9.17, 15) is 4.79 Å². The number of carbonyl (C=O) groups is 1. The highest BCUT2D eigenvalue weighted by Gasteiger charge is 2.30. The number of nitrogens with two attached hydrogens (primary N) is 3. The van der Waals surface area contributed by atoms with Gasteiger partial charge in [0, 0.05) is 5.70 Å². The standard InChI is InChI=1S/C4H9N3O2/c1-2(5)4(6,7)3(8)9/h1,5-7H2,(H,8,9). The van der Waals surface area contributed by atoms with Crippen LogP contribution in [-0.2, 0) is 4.79 Å². The molecule has 5 nitrogen and oxygen atoms in total. The second kappa shape index (κ2) is 2.04. The molecule has 0 atom stereocenters. The molecule has 7 N–H and O–H groups in total. The van der Waals surface area contributed by atoms with Crippen molar-refractivity contribution < 1.29 is 9.90 Å². The SMILES string of the molecule is C=C(N)C(N)(N)C(=O)O. The smallest absolute Gasteiger partial charge is 0.344 e. The molecule has 0 saturated carbocycles. The maximum Gasteiger partial charge on any atom is 0.344 e. The highest BCUT2D eigenvalue weighted by Crippen LogP contribution is 1.96. The topological polar surface area (TPSA) is 115 Å². The third kappa shape index (κ3) is 1.41. The van der Waals surface area contributed by atoms with E-state index in [4.69, 9.17) is 22.3 Å². The zero-order valence-electron chi connectivity index (χ0n) is 4.79. The Labute approximate surface area is 52.1 Å². The molecule has 52 valence electrons. The van der Waals surface area contributed by atoms with Crippen molar-refractivity contribution in [1.29, 1.82) is 0 Å². The van der Waals surface area contributed by atoms with Crippen molar-refractivity contribution in [2.75, 3.05) is 0 Å². The van der Waals surface area contributed by atoms with E-state index in [0.29, 0.717) is 0 Å². The molecule has 0 aromatic heterocycles. The molecule has 0 fully saturated rings. The molecule has 5 heteroatoms. The third-order valence-electron chi connectivity index (χ3n) is 0.885. The Morgan fingerprint density at radius 3 is 1.89 bits per heavy atom. The van der Waals surface area contributed by atoms with Gasteiger partial charge in [0.25, 0.3) is 0 Å². The van der Waals surface area contributed by atoms with Gasteiger partial charge < -0.3 is 10.8 Å². The summed E-state index contributed by atoms with van der Waals surface area (Å²) in [6.45, 7) is 3.10. The Hall–Kier alpha value is -1.07. The molecule has 0 bridgehead atoms. The number of hydrogen-bond donors (Lipinski definition) is 4. The average Bonchev–Trinajstić information content (AvgIpc) is 1.65. The first-order chi connectivity index (χ1) is 3.89. The molecule has 0 radical (unpaired) electrons. The van der Waals surface area contributed by atoms with Crippen LogP contribution in [-0.4, -0.2) is 16.7 Å². The summed E-state index contributed by atoms with van der Waals surface area (Å²) in [7, 11) is 0. The van der Waals surface area contributed by atoms with Gasteiger partial charge in [0.2, 0.25) is 5.66 Å². The normalized spacial score (nSPS) is 10.9. The van der Waals surface area contributed by atoms with Crippen LogP contribution in [0.3, 0.4) is 0 Å². The lowest BCUT2D eigenvalue weighted by molar-refractivity contribution is -0.141. The van der Waals surface area contributed by atoms with Gasteiger partial charge in [-0.25, -0.2) is 4.79 Å². The summed E-state index contributed by atoms with van der Waals surface area (Å²) in [5, 5.41) is 8.22. The molecule has 0 aromatic carbocycles. The number of carboxylic acid groups (broad SMARTS) is 1. The molecule has 0 aliphatic rings. The zero-order valence-corrected chi connectivity index (χ0v) is 4.79. The fourth-order valence-electron chi connectivity index (χ4n) is 0.137. The lowest BCUT2D eigenvalue weighted by Gasteiger charge is -2.17. The Balaban J connectivity index is 4.38. The van der Waals surface area contributed by atoms with E-state index in [1.54, 1.807) is 0 Å². The number of hydrogen-bond acceptors (Lipinski definition) is 4. The van der Waals surface area contributed by atoms with Gasteiger partial charge in [-0.3, -0.25) is 11.5 Å². The molecule has 0 saturated heterocycles. The molecular formula is C4H9N3O2. The van der Waals surface area contributed by atoms with Crippen molar-refractivity contribution in [2.24, 2.45) is 17.2 Å². The highest BCUT2D eigenvalue weighted by atomic mass is 16.4. The van der Waals surface area contributed by atoms with E-state index in [1.165, 1.54) is 0 Å². The van der Waals surface area contributed by atoms with Crippen LogP contribution in [0.5, 0.6) is 0 Å². The van der Waals surface area contributed by atoms with E-state index in [1.807, 2.05) is 0 Å². The predicted octanol–water partition coefficient (Wildman–Crippen LogP) is -1.84. The molecule has 0 heterocycles. The van der Waals surface area contributed by atoms with Crippen LogP contribution in [0.2, 0.25) is 0 Å². The van der Waals surface area contributed by atoms with E-state index < -0.39 is 11.6 Å². The summed E-state index contributed by atoms with van der Waals surface area (Å²) >= 11 is 0. The maximum absolute atomic E-state index is 10.1. The molecule has 0 rings (SSSR count). The minimum atomic E-state index is -2.00. The van der Waals surface area contributed by atoms with Crippen molar-refractivity contribution in [3.8, 4) is 0 Å². The Morgan fingerprint density at radius 1 is 1.56 bits per heavy atom. The Morgan fingerprint density at radius 2 is 1.89 bits per heavy atom. The Bertz CT molecular complexity index is 136. The minimum Gasteiger partial charge on any atom is -0.479 e. The summed E-state index contributed by atoms with van der Waals surface area (Å²) in [6.07, 6.45) is 0. The van der Waals surface area contributed by atoms with Crippen LogP contribution in [0.25, 0.3) is 0 Å². The van der Waals surface area contributed by atoms with Gasteiger partial charge in [-0.15, -0.1) is 0 Å². The quantitative estimate of drug-likeness (QED) is 0.328. The molecule has 0 spiro atoms. The summed E-state index contributed by atoms with van der Waals surface area (Å²) in [4.78, 5) is 10.1. The largest absolute Gasteiger partial charge is 0.479 e. The lowest BCUT2D eigenvalue weighted by Crippen LogP contribution is -2.59. The molecule has 0 aliphatic carbocycles. The second-order valence-electron chi connectivity index (χ2n) is 1.70. The van der Waals surface area contributed by atoms with E-state index in [2.05, 4.69) is 6.58 Å². The monoisotopic (exact) mass is 131 g/mol. The van der Waals surface area contributed by atoms with Gasteiger partial charge in [0.05, 0.1) is 0 Å². The summed E-state index contributed by atoms with van der Waals surface area (Å²) in [5.74, 6) is -1.39. The van der Waals surface area contributed by atoms with E-state index >= 15 is 0 Å². The van der Waals surface area contributed by atoms with Crippen LogP contribution in [0.1, 0.15) is 0 Å². The van der Waals surface area contributed by atoms with Gasteiger partial charge in [-0.2, -0.15) is 0 Å². The maximum atomic E-state index is 10.1. The minimum absolute atomic E-state index is 0.269. The fraction of sp³-hybridized carbons (Fsp3) is 0.250. The summed E-state index contributed by atoms with van der Waals surface area (Å²) < 4.78 is 0. The molecule has 0 aromatic rings. The first-order valence-electron chi connectivity index (χ1n) is 2.15. The summed E-state index contributed by atoms with van der Waals surface area (Å²) in [6, 6.07) is 0. The van der Waals surface area contributed by atoms with Crippen molar-refractivity contribution in [3.05, 3.63) is 12.3 Å². The van der Waals surface area contributed by atoms with Crippen LogP contribution < -0.4 is 17.2 Å². The van der Waals surface area contributed by atoms with E-state index in [0.717, 1.165) is 0 Å². The molecular weight excluding hydrogens is 122 g/mol. The van der Waals surface area contributed by atoms with Crippen LogP contribution >= 0.6 is 0 Å². The van der Waals surface area contributed by atoms with Crippen molar-refractivity contribution in [1.82, 2.24) is 0 Å². The third-order valence-corrected chi connectivity index (χ3v) is 0.885. The average molecular weight is 131 g/mol. The predicted molar refractivity (Wildman–Crippen MR) is 32.1 cm³/mol. The van der Waals surface area contributed by atoms with Crippen LogP contribution in [0.15, 0.2) is 12.3 Å². The fourth-order valence-corrected chi connectivity index (χ4v) is 0.137. The van der Waals surface area contributed by atoms with Crippen LogP contribution in [0, 0.1) is 0 Å². The van der Waals surface area contributed by atoms with Crippen LogP contribution in [0.4, 0.5) is 0 Å². The highest BCUT2D eigenvalue weighted by molar-refractivity contribution is 5.81. The molecule has 0 unspecified atom stereocenters. The van der Waals surface area contributed by atoms with Gasteiger partial charge in [-0.1, -0.05) is 6.58 Å². The number of rotatable bonds is 2. The van der Waals surface area contributed by atoms with Crippen molar-refractivity contribution in [3.63, 3.8) is 0 Å². The number of aliphatic carboxylic acids is 1. The first kappa shape index (κ1) is 7.93. The second-order valence-corrected chi connectivity index (χ2v) is 1.70. The van der Waals surface area contributed by atoms with Gasteiger partial charge in [-0.05, 0) is 0 Å². The van der Waals surface area contributed by atoms with Gasteiger partial charge >= 0.3 is 5.97 Å². The first-order valence-corrected chi connectivity index (χ1v) is 2.15. The van der Waals surface area contributed by atoms with E-state index in [-0.39, 0.29) is 5.70 Å². The molecule has 9 heavy (non-hydrogen) atoms. The van der Waals surface area contributed by atoms with Crippen molar-refractivity contribution >= 4 is 5.97 Å². The van der Waals surface area contributed by atoms with Crippen molar-refractivity contribution in [2.45, 2.75) is 5.66 Å². The molecule has 0 amide bonds. The zero-order chi connectivity index (χ0) is 7.65. The van der Waals surface area contributed by atoms with Gasteiger partial charge in [0.1, 0.15) is 0 Å². The lowest BCUT2D eigenvalue weighted by atomic mass is 10.1. The molecule has 0 aliphatic heterocycles. The Kier molecular flexibility index (Phi) is 1.80. The summed E-state index contributed by atoms with van der Waals surface area (Å²) in [5.41, 5.74) is 12.6. The van der Waals surface area contributed by atoms with Gasteiger partial charge in [0.15, 0.2) is 0 Å². The number of carboxylic acids is 1.